The number of nitrogens with zero attached hydrogens (tertiary/aromatic N) is 4. The molecule has 0 bridgehead atoms. The third kappa shape index (κ3) is 4.10. The van der Waals surface area contributed by atoms with Crippen molar-refractivity contribution in [3.05, 3.63) is 100 Å². The molecule has 8 nitrogen and oxygen atoms in total. The molecule has 2 aromatic heterocycles. The molecule has 3 aliphatic rings. The van der Waals surface area contributed by atoms with E-state index >= 15 is 4.39 Å². The van der Waals surface area contributed by atoms with E-state index in [9.17, 15) is 9.59 Å². The quantitative estimate of drug-likeness (QED) is 0.292. The molecule has 8 rings (SSSR count). The Bertz CT molecular complexity index is 1990. The van der Waals surface area contributed by atoms with Crippen LogP contribution in [0.5, 0.6) is 11.5 Å². The van der Waals surface area contributed by atoms with Crippen LogP contribution in [0, 0.1) is 5.82 Å². The van der Waals surface area contributed by atoms with Gasteiger partial charge in [-0.2, -0.15) is 0 Å². The van der Waals surface area contributed by atoms with Gasteiger partial charge in [0, 0.05) is 44.3 Å². The summed E-state index contributed by atoms with van der Waals surface area (Å²) >= 11 is 0. The molecule has 5 aromatic rings. The second-order valence-corrected chi connectivity index (χ2v) is 11.7. The molecule has 1 amide bonds. The van der Waals surface area contributed by atoms with E-state index in [0.29, 0.717) is 42.3 Å². The number of carbonyl (C=O) groups is 1. The highest BCUT2D eigenvalue weighted by Gasteiger charge is 2.35. The first-order valence-corrected chi connectivity index (χ1v) is 14.8. The van der Waals surface area contributed by atoms with Crippen molar-refractivity contribution in [1.29, 1.82) is 0 Å². The molecule has 0 spiro atoms. The van der Waals surface area contributed by atoms with Gasteiger partial charge in [0.2, 0.25) is 5.43 Å². The Morgan fingerprint density at radius 3 is 2.63 bits per heavy atom. The second kappa shape index (κ2) is 9.91. The third-order valence-corrected chi connectivity index (χ3v) is 9.07. The molecular formula is C34H30FN5O3. The summed E-state index contributed by atoms with van der Waals surface area (Å²) < 4.78 is 24.4. The first-order chi connectivity index (χ1) is 21.0. The number of amides is 1. The van der Waals surface area contributed by atoms with Gasteiger partial charge in [-0.15, -0.1) is 0 Å². The maximum atomic E-state index is 16.1. The van der Waals surface area contributed by atoms with Crippen LogP contribution in [-0.4, -0.2) is 46.0 Å². The van der Waals surface area contributed by atoms with Crippen molar-refractivity contribution in [2.24, 2.45) is 5.73 Å². The Morgan fingerprint density at radius 2 is 1.86 bits per heavy atom. The number of nitrogens with two attached hydrogens (primary N) is 1. The summed E-state index contributed by atoms with van der Waals surface area (Å²) in [5, 5.41) is 2.06. The molecule has 2 atom stereocenters. The van der Waals surface area contributed by atoms with Crippen molar-refractivity contribution in [2.75, 3.05) is 24.5 Å². The lowest BCUT2D eigenvalue weighted by Gasteiger charge is -2.36. The van der Waals surface area contributed by atoms with Crippen LogP contribution in [0.1, 0.15) is 47.6 Å². The second-order valence-electron chi connectivity index (χ2n) is 11.7. The Labute approximate surface area is 247 Å². The normalized spacial score (nSPS) is 19.5. The minimum absolute atomic E-state index is 0.00518. The van der Waals surface area contributed by atoms with Gasteiger partial charge in [-0.25, -0.2) is 4.39 Å². The smallest absolute Gasteiger partial charge is 0.259 e. The van der Waals surface area contributed by atoms with Crippen molar-refractivity contribution in [3.63, 3.8) is 0 Å². The molecule has 216 valence electrons. The van der Waals surface area contributed by atoms with Gasteiger partial charge < -0.3 is 24.8 Å². The summed E-state index contributed by atoms with van der Waals surface area (Å²) in [4.78, 5) is 36.3. The number of fused-ring (bicyclic) bond motifs is 3. The minimum Gasteiger partial charge on any atom is -0.451 e. The minimum atomic E-state index is -0.569. The topological polar surface area (TPSA) is 93.7 Å². The van der Waals surface area contributed by atoms with Gasteiger partial charge in [-0.3, -0.25) is 14.6 Å². The van der Waals surface area contributed by atoms with Crippen LogP contribution in [-0.2, 0) is 0 Å². The number of rotatable bonds is 3. The van der Waals surface area contributed by atoms with Crippen LogP contribution in [0.3, 0.4) is 0 Å². The molecule has 2 fully saturated rings. The van der Waals surface area contributed by atoms with E-state index in [1.54, 1.807) is 23.5 Å². The first-order valence-electron chi connectivity index (χ1n) is 14.8. The van der Waals surface area contributed by atoms with Gasteiger partial charge in [0.1, 0.15) is 16.8 Å². The van der Waals surface area contributed by atoms with Crippen molar-refractivity contribution >= 4 is 33.3 Å². The Kier molecular flexibility index (Phi) is 5.97. The van der Waals surface area contributed by atoms with Crippen LogP contribution in [0.2, 0.25) is 0 Å². The van der Waals surface area contributed by atoms with Crippen molar-refractivity contribution < 1.29 is 13.9 Å². The molecule has 0 aliphatic carbocycles. The molecule has 43 heavy (non-hydrogen) atoms. The number of carbonyl (C=O) groups excluding carboxylic acids is 1. The molecule has 2 N–H and O–H groups in total. The summed E-state index contributed by atoms with van der Waals surface area (Å²) in [6.07, 6.45) is 8.43. The molecule has 0 saturated carbocycles. The first kappa shape index (κ1) is 25.9. The summed E-state index contributed by atoms with van der Waals surface area (Å²) in [7, 11) is 0. The fourth-order valence-corrected chi connectivity index (χ4v) is 6.98. The highest BCUT2D eigenvalue weighted by Crippen LogP contribution is 2.48. The van der Waals surface area contributed by atoms with Crippen LogP contribution in [0.15, 0.2) is 78.0 Å². The molecule has 2 saturated heterocycles. The van der Waals surface area contributed by atoms with E-state index in [0.717, 1.165) is 42.0 Å². The molecule has 2 unspecified atom stereocenters. The van der Waals surface area contributed by atoms with Crippen molar-refractivity contribution in [2.45, 2.75) is 37.8 Å². The highest BCUT2D eigenvalue weighted by atomic mass is 19.1. The van der Waals surface area contributed by atoms with E-state index in [4.69, 9.17) is 10.5 Å². The van der Waals surface area contributed by atoms with E-state index in [2.05, 4.69) is 4.98 Å². The summed E-state index contributed by atoms with van der Waals surface area (Å²) in [6.45, 7) is 1.58. The Balaban J connectivity index is 1.36. The lowest BCUT2D eigenvalue weighted by molar-refractivity contribution is 0.0609. The van der Waals surface area contributed by atoms with Gasteiger partial charge in [-0.1, -0.05) is 30.3 Å². The Morgan fingerprint density at radius 1 is 1.02 bits per heavy atom. The summed E-state index contributed by atoms with van der Waals surface area (Å²) in [6, 6.07) is 16.6. The predicted molar refractivity (Wildman–Crippen MR) is 164 cm³/mol. The number of likely N-dealkylation sites (tertiary alicyclic amines) is 1. The lowest BCUT2D eigenvalue weighted by Crippen LogP contribution is -2.40. The average molecular weight is 576 g/mol. The van der Waals surface area contributed by atoms with Crippen molar-refractivity contribution in [3.8, 4) is 17.2 Å². The molecule has 5 heterocycles. The zero-order chi connectivity index (χ0) is 29.2. The highest BCUT2D eigenvalue weighted by molar-refractivity contribution is 6.02. The number of aromatic nitrogens is 2. The SMILES string of the molecule is NC1CCN(c2c(F)cc3c(=O)c(C(=O)N4CCCCC4c4cccnc4)cn4c3c2Oc2cc3ccccc3cc2-4)C1. The number of benzene rings is 3. The van der Waals surface area contributed by atoms with E-state index in [1.807, 2.05) is 58.0 Å². The molecule has 9 heteroatoms. The number of hydrogen-bond acceptors (Lipinski definition) is 6. The average Bonchev–Trinajstić information content (AvgIpc) is 3.46. The van der Waals surface area contributed by atoms with E-state index < -0.39 is 11.2 Å². The summed E-state index contributed by atoms with van der Waals surface area (Å²) in [5.74, 6) is -0.139. The van der Waals surface area contributed by atoms with Crippen LogP contribution in [0.4, 0.5) is 10.1 Å². The third-order valence-electron chi connectivity index (χ3n) is 9.07. The Hall–Kier alpha value is -4.76. The van der Waals surface area contributed by atoms with Crippen LogP contribution >= 0.6 is 0 Å². The number of anilines is 1. The fraction of sp³-hybridized carbons (Fsp3) is 0.265. The van der Waals surface area contributed by atoms with Gasteiger partial charge in [0.05, 0.1) is 17.1 Å². The number of halogens is 1. The van der Waals surface area contributed by atoms with E-state index in [-0.39, 0.29) is 34.7 Å². The fourth-order valence-electron chi connectivity index (χ4n) is 6.98. The standard InChI is InChI=1S/C34H30FN5O3/c35-26-16-24-30-33(31(26)38-13-10-23(36)18-38)43-29-15-21-7-2-1-6-20(21)14-28(29)40(30)19-25(32(24)41)34(42)39-12-4-3-9-27(39)22-8-5-11-37-17-22/h1-2,5-8,11,14-17,19,23,27H,3-4,9-10,12-13,18,36H2. The number of ether oxygens (including phenoxy) is 1. The maximum Gasteiger partial charge on any atom is 0.259 e. The zero-order valence-electron chi connectivity index (χ0n) is 23.5. The maximum absolute atomic E-state index is 16.1. The van der Waals surface area contributed by atoms with Crippen LogP contribution in [0.25, 0.3) is 27.4 Å². The molecular weight excluding hydrogens is 545 g/mol. The predicted octanol–water partition coefficient (Wildman–Crippen LogP) is 5.69. The lowest BCUT2D eigenvalue weighted by atomic mass is 9.95. The van der Waals surface area contributed by atoms with Gasteiger partial charge in [0.25, 0.3) is 5.91 Å². The molecule has 0 radical (unpaired) electrons. The van der Waals surface area contributed by atoms with Crippen molar-refractivity contribution in [1.82, 2.24) is 14.5 Å². The monoisotopic (exact) mass is 575 g/mol. The number of hydrogen-bond donors (Lipinski definition) is 1. The van der Waals surface area contributed by atoms with Gasteiger partial charge >= 0.3 is 0 Å². The number of pyridine rings is 2. The van der Waals surface area contributed by atoms with E-state index in [1.165, 1.54) is 6.07 Å². The van der Waals surface area contributed by atoms with Gasteiger partial charge in [-0.05, 0) is 66.3 Å². The van der Waals surface area contributed by atoms with Crippen LogP contribution < -0.4 is 20.8 Å². The number of piperidine rings is 1. The summed E-state index contributed by atoms with van der Waals surface area (Å²) in [5.41, 5.74) is 8.05. The largest absolute Gasteiger partial charge is 0.451 e. The van der Waals surface area contributed by atoms with Gasteiger partial charge in [0.15, 0.2) is 17.3 Å². The molecule has 3 aliphatic heterocycles. The molecule has 3 aromatic carbocycles. The zero-order valence-corrected chi connectivity index (χ0v) is 23.5.